The van der Waals surface area contributed by atoms with E-state index >= 15 is 0 Å². The highest BCUT2D eigenvalue weighted by Gasteiger charge is 2.17. The molecule has 1 aliphatic carbocycles. The number of pyridine rings is 1. The molecule has 1 aliphatic rings. The number of hydrogen-bond acceptors (Lipinski definition) is 6. The largest absolute Gasteiger partial charge is 0.353 e. The summed E-state index contributed by atoms with van der Waals surface area (Å²) in [5, 5.41) is 3.08. The minimum atomic E-state index is 0.0903. The van der Waals surface area contributed by atoms with Gasteiger partial charge in [0.05, 0.1) is 5.75 Å². The SMILES string of the molecule is O=C(CSc1nc(-c2ccncc2)ns1)NC1CCCC1. The molecule has 3 rings (SSSR count). The number of thioether (sulfide) groups is 1. The zero-order valence-electron chi connectivity index (χ0n) is 11.5. The van der Waals surface area contributed by atoms with Crippen LogP contribution in [0.25, 0.3) is 11.4 Å². The molecule has 2 aromatic rings. The lowest BCUT2D eigenvalue weighted by Crippen LogP contribution is -2.33. The molecule has 0 bridgehead atoms. The van der Waals surface area contributed by atoms with E-state index in [9.17, 15) is 4.79 Å². The Morgan fingerprint density at radius 1 is 1.33 bits per heavy atom. The number of amides is 1. The van der Waals surface area contributed by atoms with Crippen LogP contribution in [0.5, 0.6) is 0 Å². The fraction of sp³-hybridized carbons (Fsp3) is 0.429. The standard InChI is InChI=1S/C14H16N4OS2/c19-12(16-11-3-1-2-4-11)9-20-14-17-13(18-21-14)10-5-7-15-8-6-10/h5-8,11H,1-4,9H2,(H,16,19). The van der Waals surface area contributed by atoms with Gasteiger partial charge in [0.1, 0.15) is 0 Å². The zero-order valence-corrected chi connectivity index (χ0v) is 13.1. The first-order valence-corrected chi connectivity index (χ1v) is 8.73. The van der Waals surface area contributed by atoms with Crippen LogP contribution in [-0.4, -0.2) is 32.0 Å². The summed E-state index contributed by atoms with van der Waals surface area (Å²) in [7, 11) is 0. The molecule has 21 heavy (non-hydrogen) atoms. The molecule has 1 amide bonds. The third-order valence-electron chi connectivity index (χ3n) is 3.39. The molecule has 0 atom stereocenters. The average molecular weight is 320 g/mol. The molecule has 2 aromatic heterocycles. The highest BCUT2D eigenvalue weighted by Crippen LogP contribution is 2.25. The zero-order chi connectivity index (χ0) is 14.5. The molecule has 1 fully saturated rings. The van der Waals surface area contributed by atoms with E-state index in [-0.39, 0.29) is 5.91 Å². The van der Waals surface area contributed by atoms with Gasteiger partial charge in [-0.15, -0.1) is 0 Å². The highest BCUT2D eigenvalue weighted by atomic mass is 32.2. The van der Waals surface area contributed by atoms with E-state index in [2.05, 4.69) is 19.7 Å². The molecular formula is C14H16N4OS2. The number of carbonyl (C=O) groups is 1. The van der Waals surface area contributed by atoms with E-state index in [0.717, 1.165) is 22.7 Å². The van der Waals surface area contributed by atoms with Gasteiger partial charge >= 0.3 is 0 Å². The van der Waals surface area contributed by atoms with Crippen LogP contribution in [0, 0.1) is 0 Å². The number of nitrogens with one attached hydrogen (secondary N) is 1. The molecule has 0 radical (unpaired) electrons. The van der Waals surface area contributed by atoms with Crippen molar-refractivity contribution < 1.29 is 4.79 Å². The van der Waals surface area contributed by atoms with Crippen molar-refractivity contribution in [3.8, 4) is 11.4 Å². The molecule has 1 saturated carbocycles. The lowest BCUT2D eigenvalue weighted by Gasteiger charge is -2.10. The molecule has 0 spiro atoms. The van der Waals surface area contributed by atoms with Crippen molar-refractivity contribution in [2.75, 3.05) is 5.75 Å². The van der Waals surface area contributed by atoms with Crippen LogP contribution in [0.15, 0.2) is 28.9 Å². The topological polar surface area (TPSA) is 67.8 Å². The van der Waals surface area contributed by atoms with Crippen LogP contribution in [-0.2, 0) is 4.79 Å². The van der Waals surface area contributed by atoms with E-state index in [1.807, 2.05) is 12.1 Å². The Balaban J connectivity index is 1.51. The van der Waals surface area contributed by atoms with E-state index < -0.39 is 0 Å². The van der Waals surface area contributed by atoms with Crippen molar-refractivity contribution in [3.63, 3.8) is 0 Å². The van der Waals surface area contributed by atoms with Crippen molar-refractivity contribution in [2.24, 2.45) is 0 Å². The van der Waals surface area contributed by atoms with Crippen LogP contribution in [0.1, 0.15) is 25.7 Å². The predicted octanol–water partition coefficient (Wildman–Crippen LogP) is 2.75. The van der Waals surface area contributed by atoms with Gasteiger partial charge in [-0.1, -0.05) is 24.6 Å². The Morgan fingerprint density at radius 3 is 2.86 bits per heavy atom. The maximum Gasteiger partial charge on any atom is 0.230 e. The fourth-order valence-corrected chi connectivity index (χ4v) is 3.78. The van der Waals surface area contributed by atoms with E-state index in [1.54, 1.807) is 12.4 Å². The summed E-state index contributed by atoms with van der Waals surface area (Å²) < 4.78 is 5.14. The maximum absolute atomic E-state index is 11.9. The second-order valence-electron chi connectivity index (χ2n) is 4.96. The fourth-order valence-electron chi connectivity index (χ4n) is 2.35. The van der Waals surface area contributed by atoms with Crippen LogP contribution in [0.3, 0.4) is 0 Å². The maximum atomic E-state index is 11.9. The van der Waals surface area contributed by atoms with Gasteiger partial charge in [-0.25, -0.2) is 4.98 Å². The van der Waals surface area contributed by atoms with Crippen molar-refractivity contribution >= 4 is 29.2 Å². The van der Waals surface area contributed by atoms with Crippen LogP contribution < -0.4 is 5.32 Å². The van der Waals surface area contributed by atoms with Crippen molar-refractivity contribution in [2.45, 2.75) is 36.1 Å². The molecule has 7 heteroatoms. The normalized spacial score (nSPS) is 15.2. The minimum Gasteiger partial charge on any atom is -0.353 e. The van der Waals surface area contributed by atoms with E-state index in [1.165, 1.54) is 36.1 Å². The van der Waals surface area contributed by atoms with Crippen LogP contribution in [0.4, 0.5) is 0 Å². The van der Waals surface area contributed by atoms with Gasteiger partial charge in [-0.2, -0.15) is 4.37 Å². The highest BCUT2D eigenvalue weighted by molar-refractivity contribution is 8.01. The predicted molar refractivity (Wildman–Crippen MR) is 84.3 cm³/mol. The molecule has 0 aromatic carbocycles. The van der Waals surface area contributed by atoms with E-state index in [0.29, 0.717) is 17.6 Å². The van der Waals surface area contributed by atoms with Gasteiger partial charge in [-0.05, 0) is 36.5 Å². The quantitative estimate of drug-likeness (QED) is 0.858. The Bertz CT molecular complexity index is 596. The molecule has 0 unspecified atom stereocenters. The Kier molecular flexibility index (Phi) is 4.82. The lowest BCUT2D eigenvalue weighted by atomic mass is 10.2. The lowest BCUT2D eigenvalue weighted by molar-refractivity contribution is -0.119. The van der Waals surface area contributed by atoms with E-state index in [4.69, 9.17) is 0 Å². The summed E-state index contributed by atoms with van der Waals surface area (Å²) in [4.78, 5) is 20.3. The number of aromatic nitrogens is 3. The number of carbonyl (C=O) groups excluding carboxylic acids is 1. The summed E-state index contributed by atoms with van der Waals surface area (Å²) >= 11 is 2.78. The van der Waals surface area contributed by atoms with Gasteiger partial charge in [-0.3, -0.25) is 9.78 Å². The third kappa shape index (κ3) is 4.01. The molecule has 0 aliphatic heterocycles. The first kappa shape index (κ1) is 14.5. The van der Waals surface area contributed by atoms with Crippen LogP contribution in [0.2, 0.25) is 0 Å². The smallest absolute Gasteiger partial charge is 0.230 e. The van der Waals surface area contributed by atoms with Crippen molar-refractivity contribution in [1.29, 1.82) is 0 Å². The number of rotatable bonds is 5. The van der Waals surface area contributed by atoms with Crippen molar-refractivity contribution in [3.05, 3.63) is 24.5 Å². The molecule has 2 heterocycles. The van der Waals surface area contributed by atoms with Gasteiger partial charge in [0.25, 0.3) is 0 Å². The van der Waals surface area contributed by atoms with Gasteiger partial charge < -0.3 is 5.32 Å². The van der Waals surface area contributed by atoms with Gasteiger partial charge in [0.15, 0.2) is 10.2 Å². The molecule has 110 valence electrons. The summed E-state index contributed by atoms with van der Waals surface area (Å²) in [5.74, 6) is 1.19. The first-order valence-electron chi connectivity index (χ1n) is 6.97. The second-order valence-corrected chi connectivity index (χ2v) is 6.93. The Morgan fingerprint density at radius 2 is 2.10 bits per heavy atom. The Labute approximate surface area is 131 Å². The van der Waals surface area contributed by atoms with Crippen LogP contribution >= 0.6 is 23.3 Å². The number of nitrogens with zero attached hydrogens (tertiary/aromatic N) is 3. The van der Waals surface area contributed by atoms with Gasteiger partial charge in [0, 0.05) is 24.0 Å². The number of hydrogen-bond donors (Lipinski definition) is 1. The Hall–Kier alpha value is -1.47. The third-order valence-corrected chi connectivity index (χ3v) is 5.23. The van der Waals surface area contributed by atoms with Gasteiger partial charge in [0.2, 0.25) is 5.91 Å². The summed E-state index contributed by atoms with van der Waals surface area (Å²) in [6.45, 7) is 0. The molecule has 0 saturated heterocycles. The van der Waals surface area contributed by atoms with Crippen molar-refractivity contribution in [1.82, 2.24) is 19.7 Å². The monoisotopic (exact) mass is 320 g/mol. The minimum absolute atomic E-state index is 0.0903. The first-order chi connectivity index (χ1) is 10.3. The molecular weight excluding hydrogens is 304 g/mol. The second kappa shape index (κ2) is 7.00. The summed E-state index contributed by atoms with van der Waals surface area (Å²) in [5.41, 5.74) is 0.948. The molecule has 5 nitrogen and oxygen atoms in total. The molecule has 1 N–H and O–H groups in total. The summed E-state index contributed by atoms with van der Waals surface area (Å²) in [6.07, 6.45) is 8.12. The average Bonchev–Trinajstić information content (AvgIpc) is 3.17. The summed E-state index contributed by atoms with van der Waals surface area (Å²) in [6, 6.07) is 4.13.